The summed E-state index contributed by atoms with van der Waals surface area (Å²) in [6.45, 7) is 2.30. The van der Waals surface area contributed by atoms with E-state index in [-0.39, 0.29) is 0 Å². The van der Waals surface area contributed by atoms with Crippen LogP contribution >= 0.6 is 15.9 Å². The summed E-state index contributed by atoms with van der Waals surface area (Å²) in [4.78, 5) is 0. The number of nitrogens with one attached hydrogen (secondary N) is 1. The molecular formula is C17H27BrN2O. The van der Waals surface area contributed by atoms with E-state index in [1.807, 2.05) is 6.07 Å². The van der Waals surface area contributed by atoms with E-state index >= 15 is 0 Å². The second kappa shape index (κ2) is 8.16. The van der Waals surface area contributed by atoms with Crippen LogP contribution < -0.4 is 16.0 Å². The molecule has 0 spiro atoms. The lowest BCUT2D eigenvalue weighted by atomic mass is 9.76. The van der Waals surface area contributed by atoms with Crippen LogP contribution in [0.4, 0.5) is 0 Å². The van der Waals surface area contributed by atoms with Crippen LogP contribution in [0.2, 0.25) is 0 Å². The van der Waals surface area contributed by atoms with Gasteiger partial charge in [-0.05, 0) is 64.7 Å². The van der Waals surface area contributed by atoms with Crippen molar-refractivity contribution in [2.24, 2.45) is 17.7 Å². The number of rotatable bonds is 6. The molecule has 0 saturated heterocycles. The number of nitrogens with two attached hydrogens (primary N) is 1. The Kier molecular flexibility index (Phi) is 6.52. The van der Waals surface area contributed by atoms with Gasteiger partial charge in [0.25, 0.3) is 0 Å². The maximum absolute atomic E-state index is 5.83. The third-order valence-corrected chi connectivity index (χ3v) is 5.54. The highest BCUT2D eigenvalue weighted by Gasteiger charge is 2.26. The molecule has 0 radical (unpaired) electrons. The van der Waals surface area contributed by atoms with Crippen LogP contribution in [-0.2, 0) is 6.42 Å². The van der Waals surface area contributed by atoms with E-state index in [1.54, 1.807) is 7.11 Å². The fraction of sp³-hybridized carbons (Fsp3) is 0.647. The number of hydrogen-bond acceptors (Lipinski definition) is 3. The smallest absolute Gasteiger partial charge is 0.133 e. The molecular weight excluding hydrogens is 328 g/mol. The first kappa shape index (κ1) is 16.8. The summed E-state index contributed by atoms with van der Waals surface area (Å²) in [7, 11) is 1.69. The monoisotopic (exact) mass is 354 g/mol. The van der Waals surface area contributed by atoms with Gasteiger partial charge in [0.15, 0.2) is 0 Å². The quantitative estimate of drug-likeness (QED) is 0.598. The van der Waals surface area contributed by atoms with Gasteiger partial charge in [0.1, 0.15) is 5.75 Å². The molecule has 0 amide bonds. The summed E-state index contributed by atoms with van der Waals surface area (Å²) in [6.07, 6.45) is 7.59. The SMILES string of the molecule is CCC1CCC(C(Cc2ccc(OC)c(Br)c2)NN)CC1. The Balaban J connectivity index is 1.97. The standard InChI is InChI=1S/C17H27BrN2O/c1-3-12-4-7-14(8-5-12)16(20-19)11-13-6-9-17(21-2)15(18)10-13/h6,9-10,12,14,16,20H,3-5,7-8,11,19H2,1-2H3. The molecule has 21 heavy (non-hydrogen) atoms. The molecule has 1 aromatic carbocycles. The Bertz CT molecular complexity index is 444. The molecule has 0 bridgehead atoms. The molecule has 3 nitrogen and oxygen atoms in total. The van der Waals surface area contributed by atoms with Crippen molar-refractivity contribution in [2.75, 3.05) is 7.11 Å². The largest absolute Gasteiger partial charge is 0.496 e. The van der Waals surface area contributed by atoms with Crippen molar-refractivity contribution in [1.82, 2.24) is 5.43 Å². The maximum Gasteiger partial charge on any atom is 0.133 e. The van der Waals surface area contributed by atoms with Crippen LogP contribution in [0, 0.1) is 11.8 Å². The molecule has 1 fully saturated rings. The lowest BCUT2D eigenvalue weighted by molar-refractivity contribution is 0.217. The molecule has 1 saturated carbocycles. The number of halogens is 1. The van der Waals surface area contributed by atoms with Crippen LogP contribution in [0.25, 0.3) is 0 Å². The molecule has 0 heterocycles. The van der Waals surface area contributed by atoms with Crippen LogP contribution in [0.5, 0.6) is 5.75 Å². The summed E-state index contributed by atoms with van der Waals surface area (Å²) in [5.74, 6) is 8.32. The van der Waals surface area contributed by atoms with Gasteiger partial charge in [0.2, 0.25) is 0 Å². The highest BCUT2D eigenvalue weighted by Crippen LogP contribution is 2.34. The van der Waals surface area contributed by atoms with E-state index in [0.717, 1.165) is 22.6 Å². The van der Waals surface area contributed by atoms with E-state index in [2.05, 4.69) is 40.4 Å². The molecule has 2 rings (SSSR count). The van der Waals surface area contributed by atoms with Crippen LogP contribution in [0.3, 0.4) is 0 Å². The average Bonchev–Trinajstić information content (AvgIpc) is 2.53. The Morgan fingerprint density at radius 3 is 2.57 bits per heavy atom. The van der Waals surface area contributed by atoms with Gasteiger partial charge in [-0.2, -0.15) is 0 Å². The maximum atomic E-state index is 5.83. The normalized spacial score (nSPS) is 23.8. The zero-order chi connectivity index (χ0) is 15.2. The Labute approximate surface area is 136 Å². The summed E-state index contributed by atoms with van der Waals surface area (Å²) < 4.78 is 6.29. The van der Waals surface area contributed by atoms with Crippen molar-refractivity contribution in [3.05, 3.63) is 28.2 Å². The molecule has 0 aliphatic heterocycles. The predicted octanol–water partition coefficient (Wildman–Crippen LogP) is 4.05. The van der Waals surface area contributed by atoms with Gasteiger partial charge in [0.05, 0.1) is 11.6 Å². The predicted molar refractivity (Wildman–Crippen MR) is 91.2 cm³/mol. The zero-order valence-electron chi connectivity index (χ0n) is 13.1. The van der Waals surface area contributed by atoms with Crippen molar-refractivity contribution >= 4 is 15.9 Å². The second-order valence-electron chi connectivity index (χ2n) is 6.14. The van der Waals surface area contributed by atoms with Gasteiger partial charge in [-0.1, -0.05) is 32.3 Å². The van der Waals surface area contributed by atoms with E-state index < -0.39 is 0 Å². The van der Waals surface area contributed by atoms with E-state index in [0.29, 0.717) is 12.0 Å². The molecule has 3 N–H and O–H groups in total. The summed E-state index contributed by atoms with van der Waals surface area (Å²) in [5, 5.41) is 0. The molecule has 0 aromatic heterocycles. The Hall–Kier alpha value is -0.580. The molecule has 1 atom stereocenters. The minimum absolute atomic E-state index is 0.364. The van der Waals surface area contributed by atoms with Crippen LogP contribution in [0.1, 0.15) is 44.6 Å². The highest BCUT2D eigenvalue weighted by atomic mass is 79.9. The van der Waals surface area contributed by atoms with E-state index in [9.17, 15) is 0 Å². The van der Waals surface area contributed by atoms with Crippen molar-refractivity contribution in [3.8, 4) is 5.75 Å². The first-order valence-corrected chi connectivity index (χ1v) is 8.75. The van der Waals surface area contributed by atoms with Crippen LogP contribution in [-0.4, -0.2) is 13.2 Å². The summed E-state index contributed by atoms with van der Waals surface area (Å²) >= 11 is 3.56. The summed E-state index contributed by atoms with van der Waals surface area (Å²) in [6, 6.07) is 6.65. The Morgan fingerprint density at radius 1 is 1.33 bits per heavy atom. The van der Waals surface area contributed by atoms with Gasteiger partial charge in [-0.15, -0.1) is 0 Å². The lowest BCUT2D eigenvalue weighted by Crippen LogP contribution is -2.43. The van der Waals surface area contributed by atoms with Crippen LogP contribution in [0.15, 0.2) is 22.7 Å². The van der Waals surface area contributed by atoms with Gasteiger partial charge < -0.3 is 4.74 Å². The van der Waals surface area contributed by atoms with Crippen molar-refractivity contribution in [2.45, 2.75) is 51.5 Å². The third kappa shape index (κ3) is 4.44. The molecule has 1 aliphatic rings. The van der Waals surface area contributed by atoms with Gasteiger partial charge >= 0.3 is 0 Å². The number of hydrogen-bond donors (Lipinski definition) is 2. The number of benzene rings is 1. The first-order chi connectivity index (χ1) is 10.2. The van der Waals surface area contributed by atoms with Crippen molar-refractivity contribution < 1.29 is 4.74 Å². The molecule has 1 aromatic rings. The third-order valence-electron chi connectivity index (χ3n) is 4.92. The van der Waals surface area contributed by atoms with E-state index in [1.165, 1.54) is 37.7 Å². The fourth-order valence-corrected chi connectivity index (χ4v) is 4.04. The molecule has 118 valence electrons. The van der Waals surface area contributed by atoms with Gasteiger partial charge in [-0.3, -0.25) is 11.3 Å². The molecule has 1 unspecified atom stereocenters. The number of hydrazine groups is 1. The first-order valence-electron chi connectivity index (χ1n) is 7.96. The van der Waals surface area contributed by atoms with Crippen molar-refractivity contribution in [3.63, 3.8) is 0 Å². The van der Waals surface area contributed by atoms with Gasteiger partial charge in [0, 0.05) is 6.04 Å². The molecule has 4 heteroatoms. The van der Waals surface area contributed by atoms with Crippen molar-refractivity contribution in [1.29, 1.82) is 0 Å². The minimum Gasteiger partial charge on any atom is -0.496 e. The topological polar surface area (TPSA) is 47.3 Å². The lowest BCUT2D eigenvalue weighted by Gasteiger charge is -2.33. The number of methoxy groups -OCH3 is 1. The highest BCUT2D eigenvalue weighted by molar-refractivity contribution is 9.10. The average molecular weight is 355 g/mol. The van der Waals surface area contributed by atoms with E-state index in [4.69, 9.17) is 10.6 Å². The molecule has 1 aliphatic carbocycles. The Morgan fingerprint density at radius 2 is 2.05 bits per heavy atom. The second-order valence-corrected chi connectivity index (χ2v) is 6.99. The fourth-order valence-electron chi connectivity index (χ4n) is 3.45. The number of ether oxygens (including phenoxy) is 1. The minimum atomic E-state index is 0.364. The summed E-state index contributed by atoms with van der Waals surface area (Å²) in [5.41, 5.74) is 4.35. The van der Waals surface area contributed by atoms with Gasteiger partial charge in [-0.25, -0.2) is 0 Å². The zero-order valence-corrected chi connectivity index (χ0v) is 14.7.